The fraction of sp³-hybridized carbons (Fsp3) is 0.647. The molecule has 23 heavy (non-hydrogen) atoms. The van der Waals surface area contributed by atoms with Crippen LogP contribution in [-0.4, -0.2) is 68.6 Å². The molecule has 2 fully saturated rings. The minimum Gasteiger partial charge on any atom is -0.497 e. The quantitative estimate of drug-likeness (QED) is 0.812. The molecule has 2 atom stereocenters. The highest BCUT2D eigenvalue weighted by atomic mass is 32.2. The zero-order valence-corrected chi connectivity index (χ0v) is 14.8. The van der Waals surface area contributed by atoms with E-state index >= 15 is 0 Å². The van der Waals surface area contributed by atoms with Gasteiger partial charge >= 0.3 is 0 Å². The summed E-state index contributed by atoms with van der Waals surface area (Å²) in [5, 5.41) is 0. The lowest BCUT2D eigenvalue weighted by Gasteiger charge is -2.44. The summed E-state index contributed by atoms with van der Waals surface area (Å²) >= 11 is 0. The third-order valence-electron chi connectivity index (χ3n) is 4.96. The monoisotopic (exact) mass is 338 g/mol. The number of ether oxygens (including phenoxy) is 1. The molecule has 0 aliphatic carbocycles. The average Bonchev–Trinajstić information content (AvgIpc) is 2.86. The minimum atomic E-state index is -2.92. The first-order valence-corrected chi connectivity index (χ1v) is 10.2. The molecule has 3 rings (SSSR count). The Hall–Kier alpha value is -1.11. The van der Waals surface area contributed by atoms with Gasteiger partial charge in [-0.25, -0.2) is 8.42 Å². The van der Waals surface area contributed by atoms with Crippen LogP contribution in [0, 0.1) is 0 Å². The molecule has 2 heterocycles. The average molecular weight is 338 g/mol. The number of sulfone groups is 1. The zero-order valence-electron chi connectivity index (χ0n) is 13.9. The van der Waals surface area contributed by atoms with E-state index in [9.17, 15) is 8.42 Å². The topological polar surface area (TPSA) is 49.9 Å². The number of hydrogen-bond acceptors (Lipinski definition) is 5. The molecule has 2 aliphatic rings. The lowest BCUT2D eigenvalue weighted by Crippen LogP contribution is -2.58. The molecule has 0 bridgehead atoms. The summed E-state index contributed by atoms with van der Waals surface area (Å²) in [6.45, 7) is 5.85. The Morgan fingerprint density at radius 3 is 2.30 bits per heavy atom. The molecule has 128 valence electrons. The van der Waals surface area contributed by atoms with Crippen LogP contribution in [0.5, 0.6) is 5.75 Å². The highest BCUT2D eigenvalue weighted by Gasteiger charge is 2.45. The van der Waals surface area contributed by atoms with Crippen molar-refractivity contribution in [3.8, 4) is 5.75 Å². The first-order chi connectivity index (χ1) is 11.0. The zero-order chi connectivity index (χ0) is 16.4. The summed E-state index contributed by atoms with van der Waals surface area (Å²) in [6.07, 6.45) is 1.07. The van der Waals surface area contributed by atoms with E-state index in [-0.39, 0.29) is 12.1 Å². The predicted molar refractivity (Wildman–Crippen MR) is 91.5 cm³/mol. The van der Waals surface area contributed by atoms with E-state index in [1.54, 1.807) is 7.11 Å². The maximum Gasteiger partial charge on any atom is 0.153 e. The van der Waals surface area contributed by atoms with E-state index in [1.807, 2.05) is 12.1 Å². The summed E-state index contributed by atoms with van der Waals surface area (Å²) in [7, 11) is -1.26. The first kappa shape index (κ1) is 16.7. The number of rotatable bonds is 5. The molecule has 0 aromatic heterocycles. The Labute approximate surface area is 139 Å². The SMILES string of the molecule is CCCN1CCN(Cc2ccc(OC)cc2)[C@@H]2CS(=O)(=O)C[C@@H]21. The van der Waals surface area contributed by atoms with Gasteiger partial charge in [0.05, 0.1) is 18.6 Å². The van der Waals surface area contributed by atoms with Crippen molar-refractivity contribution in [3.05, 3.63) is 29.8 Å². The maximum absolute atomic E-state index is 12.2. The minimum absolute atomic E-state index is 0.127. The molecule has 0 amide bonds. The van der Waals surface area contributed by atoms with Crippen LogP contribution in [0.3, 0.4) is 0 Å². The second-order valence-electron chi connectivity index (χ2n) is 6.57. The van der Waals surface area contributed by atoms with Gasteiger partial charge < -0.3 is 4.74 Å². The van der Waals surface area contributed by atoms with Gasteiger partial charge in [-0.2, -0.15) is 0 Å². The van der Waals surface area contributed by atoms with Crippen molar-refractivity contribution in [3.63, 3.8) is 0 Å². The number of nitrogens with zero attached hydrogens (tertiary/aromatic N) is 2. The van der Waals surface area contributed by atoms with Crippen LogP contribution in [-0.2, 0) is 16.4 Å². The van der Waals surface area contributed by atoms with Crippen molar-refractivity contribution < 1.29 is 13.2 Å². The van der Waals surface area contributed by atoms with Crippen molar-refractivity contribution in [2.75, 3.05) is 38.2 Å². The molecule has 1 aromatic carbocycles. The van der Waals surface area contributed by atoms with Crippen LogP contribution >= 0.6 is 0 Å². The Morgan fingerprint density at radius 2 is 1.70 bits per heavy atom. The van der Waals surface area contributed by atoms with Crippen molar-refractivity contribution in [1.29, 1.82) is 0 Å². The normalized spacial score (nSPS) is 27.7. The summed E-state index contributed by atoms with van der Waals surface area (Å²) in [5.74, 6) is 1.47. The molecule has 0 unspecified atom stereocenters. The number of fused-ring (bicyclic) bond motifs is 1. The smallest absolute Gasteiger partial charge is 0.153 e. The van der Waals surface area contributed by atoms with Gasteiger partial charge in [-0.1, -0.05) is 19.1 Å². The Kier molecular flexibility index (Phi) is 4.94. The van der Waals surface area contributed by atoms with Crippen molar-refractivity contribution in [2.24, 2.45) is 0 Å². The molecule has 5 nitrogen and oxygen atoms in total. The van der Waals surface area contributed by atoms with E-state index < -0.39 is 9.84 Å². The molecule has 0 saturated carbocycles. The predicted octanol–water partition coefficient (Wildman–Crippen LogP) is 1.39. The van der Waals surface area contributed by atoms with Gasteiger partial charge in [0.25, 0.3) is 0 Å². The molecule has 2 aliphatic heterocycles. The van der Waals surface area contributed by atoms with E-state index in [4.69, 9.17) is 4.74 Å². The van der Waals surface area contributed by atoms with E-state index in [0.29, 0.717) is 11.5 Å². The molecule has 1 aromatic rings. The number of piperazine rings is 1. The number of benzene rings is 1. The van der Waals surface area contributed by atoms with Crippen LogP contribution in [0.2, 0.25) is 0 Å². The molecule has 0 N–H and O–H groups in total. The lowest BCUT2D eigenvalue weighted by atomic mass is 10.0. The third-order valence-corrected chi connectivity index (χ3v) is 6.66. The Morgan fingerprint density at radius 1 is 1.09 bits per heavy atom. The van der Waals surface area contributed by atoms with Gasteiger partial charge in [-0.05, 0) is 30.7 Å². The summed E-state index contributed by atoms with van der Waals surface area (Å²) in [4.78, 5) is 4.73. The fourth-order valence-corrected chi connectivity index (χ4v) is 5.87. The Balaban J connectivity index is 1.75. The second kappa shape index (κ2) is 6.79. The number of methoxy groups -OCH3 is 1. The Bertz CT molecular complexity index is 630. The van der Waals surface area contributed by atoms with Crippen LogP contribution in [0.4, 0.5) is 0 Å². The summed E-state index contributed by atoms with van der Waals surface area (Å²) in [5.41, 5.74) is 1.21. The van der Waals surface area contributed by atoms with Gasteiger partial charge in [0, 0.05) is 31.7 Å². The van der Waals surface area contributed by atoms with Crippen LogP contribution in [0.15, 0.2) is 24.3 Å². The largest absolute Gasteiger partial charge is 0.497 e. The van der Waals surface area contributed by atoms with E-state index in [1.165, 1.54) is 5.56 Å². The lowest BCUT2D eigenvalue weighted by molar-refractivity contribution is 0.0405. The van der Waals surface area contributed by atoms with Gasteiger partial charge in [0.2, 0.25) is 0 Å². The van der Waals surface area contributed by atoms with Crippen LogP contribution in [0.1, 0.15) is 18.9 Å². The highest BCUT2D eigenvalue weighted by Crippen LogP contribution is 2.28. The molecule has 0 spiro atoms. The van der Waals surface area contributed by atoms with E-state index in [2.05, 4.69) is 28.9 Å². The molecule has 2 saturated heterocycles. The van der Waals surface area contributed by atoms with Gasteiger partial charge in [0.15, 0.2) is 9.84 Å². The van der Waals surface area contributed by atoms with Gasteiger partial charge in [-0.15, -0.1) is 0 Å². The van der Waals surface area contributed by atoms with E-state index in [0.717, 1.165) is 38.3 Å². The third kappa shape index (κ3) is 3.70. The van der Waals surface area contributed by atoms with Gasteiger partial charge in [0.1, 0.15) is 5.75 Å². The standard InChI is InChI=1S/C17H26N2O3S/c1-3-8-18-9-10-19(17-13-23(20,21)12-16(17)18)11-14-4-6-15(22-2)7-5-14/h4-7,16-17H,3,8-13H2,1-2H3/t16-,17+/m0/s1. The van der Waals surface area contributed by atoms with Crippen LogP contribution in [0.25, 0.3) is 0 Å². The number of hydrogen-bond donors (Lipinski definition) is 0. The summed E-state index contributed by atoms with van der Waals surface area (Å²) < 4.78 is 29.5. The van der Waals surface area contributed by atoms with Crippen molar-refractivity contribution in [1.82, 2.24) is 9.80 Å². The van der Waals surface area contributed by atoms with Gasteiger partial charge in [-0.3, -0.25) is 9.80 Å². The first-order valence-electron chi connectivity index (χ1n) is 8.34. The maximum atomic E-state index is 12.2. The molecule has 0 radical (unpaired) electrons. The molecule has 6 heteroatoms. The van der Waals surface area contributed by atoms with Crippen LogP contribution < -0.4 is 4.74 Å². The fourth-order valence-electron chi connectivity index (χ4n) is 3.82. The molecular weight excluding hydrogens is 312 g/mol. The highest BCUT2D eigenvalue weighted by molar-refractivity contribution is 7.91. The second-order valence-corrected chi connectivity index (χ2v) is 8.72. The summed E-state index contributed by atoms with van der Waals surface area (Å²) in [6, 6.07) is 8.34. The molecular formula is C17H26N2O3S. The van der Waals surface area contributed by atoms with Crippen molar-refractivity contribution >= 4 is 9.84 Å². The van der Waals surface area contributed by atoms with Crippen molar-refractivity contribution in [2.45, 2.75) is 32.0 Å².